The SMILES string of the molecule is Cc1ccc(Oc2ccc(Nc3ncnc4sc5c(c34)CCN(C(=O)/C=C/CN3CCCCC3(C)CO)C5)cc2C)cn1. The van der Waals surface area contributed by atoms with Crippen molar-refractivity contribution in [2.75, 3.05) is 31.6 Å². The first-order valence-electron chi connectivity index (χ1n) is 14.9. The summed E-state index contributed by atoms with van der Waals surface area (Å²) in [4.78, 5) is 32.9. The van der Waals surface area contributed by atoms with Crippen LogP contribution in [0.25, 0.3) is 10.2 Å². The van der Waals surface area contributed by atoms with Crippen LogP contribution >= 0.6 is 11.3 Å². The van der Waals surface area contributed by atoms with Gasteiger partial charge in [0.05, 0.1) is 24.7 Å². The van der Waals surface area contributed by atoms with Crippen molar-refractivity contribution in [3.8, 4) is 11.5 Å². The molecule has 1 atom stereocenters. The van der Waals surface area contributed by atoms with Gasteiger partial charge in [-0.15, -0.1) is 11.3 Å². The smallest absolute Gasteiger partial charge is 0.246 e. The Bertz CT molecular complexity index is 1650. The van der Waals surface area contributed by atoms with Gasteiger partial charge in [0, 0.05) is 41.0 Å². The number of aromatic nitrogens is 3. The van der Waals surface area contributed by atoms with Gasteiger partial charge in [-0.2, -0.15) is 0 Å². The van der Waals surface area contributed by atoms with Gasteiger partial charge in [-0.3, -0.25) is 14.7 Å². The summed E-state index contributed by atoms with van der Waals surface area (Å²) in [6.45, 7) is 9.04. The first-order chi connectivity index (χ1) is 20.8. The van der Waals surface area contributed by atoms with E-state index in [-0.39, 0.29) is 18.1 Å². The number of ether oxygens (including phenoxy) is 1. The van der Waals surface area contributed by atoms with E-state index in [9.17, 15) is 9.90 Å². The highest BCUT2D eigenvalue weighted by Gasteiger charge is 2.33. The van der Waals surface area contributed by atoms with E-state index in [1.165, 1.54) is 5.56 Å². The Kier molecular flexibility index (Phi) is 8.43. The number of carbonyl (C=O) groups is 1. The minimum absolute atomic E-state index is 0.0226. The number of hydrogen-bond acceptors (Lipinski definition) is 9. The molecule has 2 aliphatic rings. The van der Waals surface area contributed by atoms with Gasteiger partial charge in [0.1, 0.15) is 28.5 Å². The van der Waals surface area contributed by atoms with E-state index in [4.69, 9.17) is 4.74 Å². The van der Waals surface area contributed by atoms with Crippen molar-refractivity contribution in [2.45, 2.75) is 58.5 Å². The highest BCUT2D eigenvalue weighted by Crippen LogP contribution is 2.38. The van der Waals surface area contributed by atoms with Crippen molar-refractivity contribution in [3.05, 3.63) is 76.7 Å². The van der Waals surface area contributed by atoms with E-state index in [1.54, 1.807) is 29.9 Å². The molecule has 1 saturated heterocycles. The summed E-state index contributed by atoms with van der Waals surface area (Å²) in [5, 5.41) is 14.4. The summed E-state index contributed by atoms with van der Waals surface area (Å²) < 4.78 is 6.04. The lowest BCUT2D eigenvalue weighted by molar-refractivity contribution is -0.126. The van der Waals surface area contributed by atoms with E-state index in [0.29, 0.717) is 25.4 Å². The number of aliphatic hydroxyl groups is 1. The second-order valence-corrected chi connectivity index (χ2v) is 12.8. The van der Waals surface area contributed by atoms with E-state index >= 15 is 0 Å². The molecule has 3 aromatic heterocycles. The zero-order valence-electron chi connectivity index (χ0n) is 25.0. The molecule has 10 heteroatoms. The highest BCUT2D eigenvalue weighted by molar-refractivity contribution is 7.19. The average Bonchev–Trinajstić information content (AvgIpc) is 3.39. The third-order valence-corrected chi connectivity index (χ3v) is 9.71. The number of piperidine rings is 1. The fourth-order valence-electron chi connectivity index (χ4n) is 5.94. The number of likely N-dealkylation sites (tertiary alicyclic amines) is 1. The fourth-order valence-corrected chi connectivity index (χ4v) is 7.15. The Morgan fingerprint density at radius 1 is 1.16 bits per heavy atom. The van der Waals surface area contributed by atoms with E-state index in [2.05, 4.69) is 32.1 Å². The van der Waals surface area contributed by atoms with Crippen LogP contribution in [0.4, 0.5) is 11.5 Å². The second kappa shape index (κ2) is 12.4. The molecule has 6 rings (SSSR count). The average molecular weight is 599 g/mol. The first-order valence-corrected chi connectivity index (χ1v) is 15.7. The molecule has 2 N–H and O–H groups in total. The minimum Gasteiger partial charge on any atom is -0.455 e. The predicted molar refractivity (Wildman–Crippen MR) is 170 cm³/mol. The Hall–Kier alpha value is -3.86. The van der Waals surface area contributed by atoms with E-state index in [0.717, 1.165) is 75.8 Å². The van der Waals surface area contributed by atoms with E-state index in [1.807, 2.05) is 55.2 Å². The number of thiophene rings is 1. The number of pyridine rings is 1. The number of amides is 1. The molecule has 9 nitrogen and oxygen atoms in total. The molecule has 1 fully saturated rings. The lowest BCUT2D eigenvalue weighted by atomic mass is 9.89. The van der Waals surface area contributed by atoms with Gasteiger partial charge in [0.2, 0.25) is 5.91 Å². The van der Waals surface area contributed by atoms with Gasteiger partial charge in [0.15, 0.2) is 0 Å². The monoisotopic (exact) mass is 598 g/mol. The van der Waals surface area contributed by atoms with Gasteiger partial charge in [-0.1, -0.05) is 12.5 Å². The topological polar surface area (TPSA) is 104 Å². The van der Waals surface area contributed by atoms with Crippen LogP contribution in [0.2, 0.25) is 0 Å². The van der Waals surface area contributed by atoms with Gasteiger partial charge in [-0.05, 0) is 88.0 Å². The Morgan fingerprint density at radius 3 is 2.84 bits per heavy atom. The first kappa shape index (κ1) is 29.2. The van der Waals surface area contributed by atoms with Crippen LogP contribution in [-0.2, 0) is 17.8 Å². The molecular weight excluding hydrogens is 560 g/mol. The quantitative estimate of drug-likeness (QED) is 0.241. The number of aliphatic hydroxyl groups excluding tert-OH is 1. The molecule has 0 bridgehead atoms. The third kappa shape index (κ3) is 6.27. The maximum absolute atomic E-state index is 13.1. The summed E-state index contributed by atoms with van der Waals surface area (Å²) in [7, 11) is 0. The summed E-state index contributed by atoms with van der Waals surface area (Å²) in [6.07, 6.45) is 11.0. The van der Waals surface area contributed by atoms with Gasteiger partial charge < -0.3 is 20.1 Å². The zero-order chi connectivity index (χ0) is 30.0. The van der Waals surface area contributed by atoms with Crippen LogP contribution in [0.3, 0.4) is 0 Å². The van der Waals surface area contributed by atoms with Crippen molar-refractivity contribution in [1.82, 2.24) is 24.8 Å². The minimum atomic E-state index is -0.205. The molecule has 1 unspecified atom stereocenters. The predicted octanol–water partition coefficient (Wildman–Crippen LogP) is 5.92. The molecule has 0 aliphatic carbocycles. The molecular formula is C33H38N6O3S. The highest BCUT2D eigenvalue weighted by atomic mass is 32.1. The summed E-state index contributed by atoms with van der Waals surface area (Å²) >= 11 is 1.63. The van der Waals surface area contributed by atoms with Crippen LogP contribution in [-0.4, -0.2) is 67.5 Å². The summed E-state index contributed by atoms with van der Waals surface area (Å²) in [5.41, 5.74) is 3.86. The van der Waals surface area contributed by atoms with Crippen LogP contribution in [0.1, 0.15) is 47.9 Å². The van der Waals surface area contributed by atoms with Gasteiger partial charge in [0.25, 0.3) is 0 Å². The third-order valence-electron chi connectivity index (χ3n) is 8.58. The fraction of sp³-hybridized carbons (Fsp3) is 0.394. The Balaban J connectivity index is 1.14. The molecule has 43 heavy (non-hydrogen) atoms. The van der Waals surface area contributed by atoms with Crippen molar-refractivity contribution in [1.29, 1.82) is 0 Å². The number of nitrogens with zero attached hydrogens (tertiary/aromatic N) is 5. The summed E-state index contributed by atoms with van der Waals surface area (Å²) in [6, 6.07) is 9.82. The van der Waals surface area contributed by atoms with Gasteiger partial charge >= 0.3 is 0 Å². The van der Waals surface area contributed by atoms with E-state index < -0.39 is 0 Å². The number of rotatable bonds is 8. The molecule has 4 aromatic rings. The lowest BCUT2D eigenvalue weighted by Gasteiger charge is -2.43. The number of aryl methyl sites for hydroxylation is 2. The van der Waals surface area contributed by atoms with Crippen molar-refractivity contribution >= 4 is 39.0 Å². The molecule has 1 aromatic carbocycles. The van der Waals surface area contributed by atoms with Crippen molar-refractivity contribution in [3.63, 3.8) is 0 Å². The Labute approximate surface area is 256 Å². The number of hydrogen-bond donors (Lipinski definition) is 2. The van der Waals surface area contributed by atoms with Crippen molar-refractivity contribution < 1.29 is 14.6 Å². The molecule has 0 radical (unpaired) electrons. The standard InChI is InChI=1S/C33H38N6O3S/c1-22-17-24(9-11-27(22)42-25-10-8-23(2)34-18-25)37-31-30-26-12-16-38(19-28(26)43-32(30)36-21-35-31)29(41)7-6-15-39-14-5-4-13-33(39,3)20-40/h6-11,17-18,21,40H,4-5,12-16,19-20H2,1-3H3,(H,35,36,37)/b7-6+. The molecule has 224 valence electrons. The molecule has 2 aliphatic heterocycles. The summed E-state index contributed by atoms with van der Waals surface area (Å²) in [5.74, 6) is 2.27. The maximum Gasteiger partial charge on any atom is 0.246 e. The van der Waals surface area contributed by atoms with Crippen LogP contribution in [0, 0.1) is 13.8 Å². The van der Waals surface area contributed by atoms with Crippen LogP contribution < -0.4 is 10.1 Å². The number of benzene rings is 1. The maximum atomic E-state index is 13.1. The largest absolute Gasteiger partial charge is 0.455 e. The normalized spacial score (nSPS) is 19.1. The number of anilines is 2. The molecule has 0 saturated carbocycles. The molecule has 0 spiro atoms. The van der Waals surface area contributed by atoms with Crippen LogP contribution in [0.5, 0.6) is 11.5 Å². The van der Waals surface area contributed by atoms with Gasteiger partial charge in [-0.25, -0.2) is 9.97 Å². The second-order valence-electron chi connectivity index (χ2n) is 11.7. The lowest BCUT2D eigenvalue weighted by Crippen LogP contribution is -2.52. The number of fused-ring (bicyclic) bond motifs is 3. The van der Waals surface area contributed by atoms with Crippen molar-refractivity contribution in [2.24, 2.45) is 0 Å². The molecule has 1 amide bonds. The Morgan fingerprint density at radius 2 is 2.05 bits per heavy atom. The number of carbonyl (C=O) groups excluding carboxylic acids is 1. The van der Waals surface area contributed by atoms with Crippen LogP contribution in [0.15, 0.2) is 55.0 Å². The zero-order valence-corrected chi connectivity index (χ0v) is 25.8. The molecule has 5 heterocycles. The number of nitrogens with one attached hydrogen (secondary N) is 1.